The molecule has 0 spiro atoms. The lowest BCUT2D eigenvalue weighted by Gasteiger charge is -2.18. The van der Waals surface area contributed by atoms with Crippen LogP contribution in [0.2, 0.25) is 0 Å². The van der Waals surface area contributed by atoms with E-state index in [2.05, 4.69) is 10.3 Å². The first-order valence-corrected chi connectivity index (χ1v) is 5.59. The van der Waals surface area contributed by atoms with E-state index in [0.717, 1.165) is 4.68 Å². The third kappa shape index (κ3) is 2.48. The molecule has 18 heavy (non-hydrogen) atoms. The van der Waals surface area contributed by atoms with E-state index in [1.54, 1.807) is 39.0 Å². The molecule has 0 aliphatic heterocycles. The van der Waals surface area contributed by atoms with Gasteiger partial charge in [-0.15, -0.1) is 9.78 Å². The van der Waals surface area contributed by atoms with Crippen molar-refractivity contribution < 1.29 is 14.6 Å². The topological polar surface area (TPSA) is 77.2 Å². The molecule has 1 aromatic carbocycles. The molecule has 0 radical (unpaired) electrons. The van der Waals surface area contributed by atoms with E-state index in [0.29, 0.717) is 16.6 Å². The predicted octanol–water partition coefficient (Wildman–Crippen LogP) is 1.71. The molecule has 1 heterocycles. The standard InChI is InChI=1S/C12H15N3O3/c1-12(2,3)18-11(17)15-10-6-8(7-16)4-5-9(10)13-14-15/h4-6,16H,7H2,1-3H3. The molecule has 0 atom stereocenters. The maximum Gasteiger partial charge on any atom is 0.437 e. The van der Waals surface area contributed by atoms with Crippen molar-refractivity contribution >= 4 is 17.1 Å². The van der Waals surface area contributed by atoms with Gasteiger partial charge >= 0.3 is 6.09 Å². The van der Waals surface area contributed by atoms with Crippen LogP contribution in [-0.2, 0) is 11.3 Å². The second-order valence-electron chi connectivity index (χ2n) is 4.96. The highest BCUT2D eigenvalue weighted by Crippen LogP contribution is 2.16. The minimum Gasteiger partial charge on any atom is -0.442 e. The van der Waals surface area contributed by atoms with Crippen molar-refractivity contribution in [3.8, 4) is 0 Å². The summed E-state index contributed by atoms with van der Waals surface area (Å²) in [6.45, 7) is 5.24. The van der Waals surface area contributed by atoms with Gasteiger partial charge in [0.2, 0.25) is 0 Å². The van der Waals surface area contributed by atoms with E-state index < -0.39 is 11.7 Å². The molecular weight excluding hydrogens is 234 g/mol. The number of aromatic nitrogens is 3. The molecule has 0 saturated carbocycles. The van der Waals surface area contributed by atoms with Crippen LogP contribution < -0.4 is 0 Å². The van der Waals surface area contributed by atoms with E-state index in [-0.39, 0.29) is 6.61 Å². The molecule has 6 heteroatoms. The van der Waals surface area contributed by atoms with Gasteiger partial charge in [-0.3, -0.25) is 0 Å². The van der Waals surface area contributed by atoms with Gasteiger partial charge in [-0.2, -0.15) is 0 Å². The van der Waals surface area contributed by atoms with Crippen LogP contribution in [0.25, 0.3) is 11.0 Å². The molecule has 0 amide bonds. The lowest BCUT2D eigenvalue weighted by molar-refractivity contribution is 0.0519. The van der Waals surface area contributed by atoms with E-state index in [4.69, 9.17) is 9.84 Å². The molecule has 96 valence electrons. The van der Waals surface area contributed by atoms with Crippen LogP contribution in [0.3, 0.4) is 0 Å². The fraction of sp³-hybridized carbons (Fsp3) is 0.417. The molecule has 0 aliphatic rings. The summed E-state index contributed by atoms with van der Waals surface area (Å²) < 4.78 is 6.32. The number of aliphatic hydroxyl groups is 1. The molecular formula is C12H15N3O3. The van der Waals surface area contributed by atoms with Gasteiger partial charge in [-0.1, -0.05) is 11.3 Å². The van der Waals surface area contributed by atoms with Crippen LogP contribution in [0.4, 0.5) is 4.79 Å². The van der Waals surface area contributed by atoms with Crippen molar-refractivity contribution in [3.05, 3.63) is 23.8 Å². The number of ether oxygens (including phenoxy) is 1. The predicted molar refractivity (Wildman–Crippen MR) is 65.1 cm³/mol. The van der Waals surface area contributed by atoms with Gasteiger partial charge in [-0.25, -0.2) is 4.79 Å². The third-order valence-corrected chi connectivity index (χ3v) is 2.26. The van der Waals surface area contributed by atoms with Crippen LogP contribution in [0.5, 0.6) is 0 Å². The zero-order chi connectivity index (χ0) is 13.3. The van der Waals surface area contributed by atoms with Crippen LogP contribution in [0, 0.1) is 0 Å². The first-order chi connectivity index (χ1) is 8.40. The Bertz CT molecular complexity index is 584. The minimum absolute atomic E-state index is 0.102. The summed E-state index contributed by atoms with van der Waals surface area (Å²) in [4.78, 5) is 11.9. The monoisotopic (exact) mass is 249 g/mol. The Morgan fingerprint density at radius 3 is 2.78 bits per heavy atom. The summed E-state index contributed by atoms with van der Waals surface area (Å²) in [5.41, 5.74) is 1.20. The van der Waals surface area contributed by atoms with E-state index in [1.807, 2.05) is 0 Å². The van der Waals surface area contributed by atoms with E-state index in [1.165, 1.54) is 0 Å². The Balaban J connectivity index is 2.42. The fourth-order valence-electron chi connectivity index (χ4n) is 1.50. The average Bonchev–Trinajstić information content (AvgIpc) is 2.69. The second-order valence-corrected chi connectivity index (χ2v) is 4.96. The van der Waals surface area contributed by atoms with Crippen molar-refractivity contribution in [3.63, 3.8) is 0 Å². The smallest absolute Gasteiger partial charge is 0.437 e. The molecule has 1 aromatic heterocycles. The summed E-state index contributed by atoms with van der Waals surface area (Å²) in [5.74, 6) is 0. The van der Waals surface area contributed by atoms with Crippen molar-refractivity contribution in [2.24, 2.45) is 0 Å². The molecule has 1 N–H and O–H groups in total. The third-order valence-electron chi connectivity index (χ3n) is 2.26. The number of hydrogen-bond acceptors (Lipinski definition) is 5. The van der Waals surface area contributed by atoms with Crippen LogP contribution >= 0.6 is 0 Å². The van der Waals surface area contributed by atoms with Crippen molar-refractivity contribution in [1.82, 2.24) is 15.0 Å². The van der Waals surface area contributed by atoms with E-state index in [9.17, 15) is 4.79 Å². The van der Waals surface area contributed by atoms with Gasteiger partial charge in [0.1, 0.15) is 16.6 Å². The number of benzene rings is 1. The highest BCUT2D eigenvalue weighted by Gasteiger charge is 2.20. The molecule has 0 unspecified atom stereocenters. The average molecular weight is 249 g/mol. The molecule has 0 fully saturated rings. The quantitative estimate of drug-likeness (QED) is 0.832. The Kier molecular flexibility index (Phi) is 3.04. The summed E-state index contributed by atoms with van der Waals surface area (Å²) in [7, 11) is 0. The number of fused-ring (bicyclic) bond motifs is 1. The number of aliphatic hydroxyl groups excluding tert-OH is 1. The first kappa shape index (κ1) is 12.5. The summed E-state index contributed by atoms with van der Waals surface area (Å²) in [6, 6.07) is 5.10. The van der Waals surface area contributed by atoms with Crippen molar-refractivity contribution in [2.75, 3.05) is 0 Å². The van der Waals surface area contributed by atoms with Crippen LogP contribution in [0.1, 0.15) is 26.3 Å². The van der Waals surface area contributed by atoms with Gasteiger partial charge in [0.05, 0.1) is 6.61 Å². The minimum atomic E-state index is -0.593. The van der Waals surface area contributed by atoms with E-state index >= 15 is 0 Å². The summed E-state index contributed by atoms with van der Waals surface area (Å²) in [5, 5.41) is 16.7. The SMILES string of the molecule is CC(C)(C)OC(=O)n1nnc2ccc(CO)cc21. The Morgan fingerprint density at radius 1 is 1.44 bits per heavy atom. The number of carbonyl (C=O) groups excluding carboxylic acids is 1. The normalized spacial score (nSPS) is 11.8. The van der Waals surface area contributed by atoms with Gasteiger partial charge < -0.3 is 9.84 Å². The van der Waals surface area contributed by atoms with Crippen LogP contribution in [0.15, 0.2) is 18.2 Å². The highest BCUT2D eigenvalue weighted by molar-refractivity contribution is 5.85. The number of carbonyl (C=O) groups is 1. The molecule has 6 nitrogen and oxygen atoms in total. The molecule has 0 bridgehead atoms. The zero-order valence-electron chi connectivity index (χ0n) is 10.5. The molecule has 0 saturated heterocycles. The molecule has 2 aromatic rings. The molecule has 0 aliphatic carbocycles. The lowest BCUT2D eigenvalue weighted by atomic mass is 10.2. The Labute approximate surface area is 104 Å². The Morgan fingerprint density at radius 2 is 2.17 bits per heavy atom. The first-order valence-electron chi connectivity index (χ1n) is 5.59. The largest absolute Gasteiger partial charge is 0.442 e. The number of hydrogen-bond donors (Lipinski definition) is 1. The zero-order valence-corrected chi connectivity index (χ0v) is 10.5. The van der Waals surface area contributed by atoms with Gasteiger partial charge in [0.25, 0.3) is 0 Å². The van der Waals surface area contributed by atoms with Crippen molar-refractivity contribution in [2.45, 2.75) is 33.0 Å². The van der Waals surface area contributed by atoms with Gasteiger partial charge in [-0.05, 0) is 38.5 Å². The van der Waals surface area contributed by atoms with Gasteiger partial charge in [0, 0.05) is 0 Å². The van der Waals surface area contributed by atoms with Crippen molar-refractivity contribution in [1.29, 1.82) is 0 Å². The number of nitrogens with zero attached hydrogens (tertiary/aromatic N) is 3. The summed E-state index contributed by atoms with van der Waals surface area (Å²) in [6.07, 6.45) is -0.583. The molecule has 2 rings (SSSR count). The van der Waals surface area contributed by atoms with Crippen LogP contribution in [-0.4, -0.2) is 31.8 Å². The second kappa shape index (κ2) is 4.38. The lowest BCUT2D eigenvalue weighted by Crippen LogP contribution is -2.27. The summed E-state index contributed by atoms with van der Waals surface area (Å²) >= 11 is 0. The highest BCUT2D eigenvalue weighted by atomic mass is 16.6. The fourth-order valence-corrected chi connectivity index (χ4v) is 1.50. The van der Waals surface area contributed by atoms with Gasteiger partial charge in [0.15, 0.2) is 0 Å². The maximum absolute atomic E-state index is 11.9. The maximum atomic E-state index is 11.9. The Hall–Kier alpha value is -1.95. The number of rotatable bonds is 1.